The summed E-state index contributed by atoms with van der Waals surface area (Å²) in [6, 6.07) is 13.3. The van der Waals surface area contributed by atoms with E-state index >= 15 is 0 Å². The van der Waals surface area contributed by atoms with Crippen LogP contribution in [0.1, 0.15) is 5.56 Å². The molecule has 2 aromatic rings. The van der Waals surface area contributed by atoms with Gasteiger partial charge in [0.25, 0.3) is 0 Å². The zero-order valence-corrected chi connectivity index (χ0v) is 13.9. The van der Waals surface area contributed by atoms with Gasteiger partial charge in [-0.1, -0.05) is 24.3 Å². The van der Waals surface area contributed by atoms with Crippen molar-refractivity contribution < 1.29 is 18.7 Å². The number of ether oxygens (including phenoxy) is 1. The van der Waals surface area contributed by atoms with E-state index in [0.29, 0.717) is 10.6 Å². The fraction of sp³-hybridized carbons (Fsp3) is 0.176. The second-order valence-electron chi connectivity index (χ2n) is 4.84. The average molecular weight is 348 g/mol. The first-order valence-electron chi connectivity index (χ1n) is 7.16. The topological polar surface area (TPSA) is 67.4 Å². The van der Waals surface area contributed by atoms with E-state index in [1.165, 1.54) is 6.07 Å². The molecule has 0 radical (unpaired) electrons. The third-order valence-corrected chi connectivity index (χ3v) is 4.11. The molecule has 0 heterocycles. The number of nitrogens with one attached hydrogen (secondary N) is 2. The highest BCUT2D eigenvalue weighted by molar-refractivity contribution is 8.00. The van der Waals surface area contributed by atoms with Crippen molar-refractivity contribution in [1.82, 2.24) is 10.9 Å². The summed E-state index contributed by atoms with van der Waals surface area (Å²) >= 11 is 1.06. The summed E-state index contributed by atoms with van der Waals surface area (Å²) in [6.07, 6.45) is 0.130. The highest BCUT2D eigenvalue weighted by atomic mass is 32.2. The van der Waals surface area contributed by atoms with Crippen LogP contribution in [-0.2, 0) is 16.0 Å². The van der Waals surface area contributed by atoms with Crippen molar-refractivity contribution >= 4 is 23.6 Å². The van der Waals surface area contributed by atoms with Gasteiger partial charge in [-0.15, -0.1) is 11.8 Å². The van der Waals surface area contributed by atoms with Crippen molar-refractivity contribution in [1.29, 1.82) is 0 Å². The molecule has 0 aliphatic heterocycles. The number of methoxy groups -OCH3 is 1. The molecule has 126 valence electrons. The van der Waals surface area contributed by atoms with Gasteiger partial charge in [-0.05, 0) is 29.8 Å². The predicted octanol–water partition coefficient (Wildman–Crippen LogP) is 2.32. The average Bonchev–Trinajstić information content (AvgIpc) is 2.60. The van der Waals surface area contributed by atoms with Gasteiger partial charge in [0.2, 0.25) is 11.8 Å². The number of carbonyl (C=O) groups excluding carboxylic acids is 2. The van der Waals surface area contributed by atoms with E-state index in [1.54, 1.807) is 49.6 Å². The SMILES string of the molecule is COc1ccc(CC(=O)NNC(=O)CSc2ccccc2F)cc1. The first-order chi connectivity index (χ1) is 11.6. The fourth-order valence-electron chi connectivity index (χ4n) is 1.85. The molecule has 0 aromatic heterocycles. The number of hydrogen-bond acceptors (Lipinski definition) is 4. The summed E-state index contributed by atoms with van der Waals surface area (Å²) in [7, 11) is 1.57. The number of carbonyl (C=O) groups is 2. The standard InChI is InChI=1S/C17H17FN2O3S/c1-23-13-8-6-12(7-9-13)10-16(21)19-20-17(22)11-24-15-5-3-2-4-14(15)18/h2-9H,10-11H2,1H3,(H,19,21)(H,20,22). The third-order valence-electron chi connectivity index (χ3n) is 3.06. The van der Waals surface area contributed by atoms with Crippen molar-refractivity contribution in [3.8, 4) is 5.75 Å². The van der Waals surface area contributed by atoms with Crippen LogP contribution in [0.5, 0.6) is 5.75 Å². The Balaban J connectivity index is 1.72. The van der Waals surface area contributed by atoms with Crippen LogP contribution in [0, 0.1) is 5.82 Å². The van der Waals surface area contributed by atoms with Crippen LogP contribution in [0.4, 0.5) is 4.39 Å². The molecule has 0 fully saturated rings. The molecule has 2 amide bonds. The van der Waals surface area contributed by atoms with Gasteiger partial charge >= 0.3 is 0 Å². The Morgan fingerprint density at radius 3 is 2.38 bits per heavy atom. The summed E-state index contributed by atoms with van der Waals surface area (Å²) in [5.74, 6) is -0.420. The number of hydrazine groups is 1. The molecular weight excluding hydrogens is 331 g/mol. The zero-order chi connectivity index (χ0) is 17.4. The van der Waals surface area contributed by atoms with E-state index in [-0.39, 0.29) is 23.9 Å². The van der Waals surface area contributed by atoms with Gasteiger partial charge in [0.15, 0.2) is 0 Å². The minimum Gasteiger partial charge on any atom is -0.497 e. The third kappa shape index (κ3) is 5.58. The van der Waals surface area contributed by atoms with Crippen LogP contribution in [0.3, 0.4) is 0 Å². The normalized spacial score (nSPS) is 10.1. The molecule has 24 heavy (non-hydrogen) atoms. The number of thioether (sulfide) groups is 1. The Kier molecular flexibility index (Phi) is 6.62. The maximum absolute atomic E-state index is 13.4. The lowest BCUT2D eigenvalue weighted by atomic mass is 10.1. The Labute approximate surface area is 143 Å². The fourth-order valence-corrected chi connectivity index (χ4v) is 2.59. The van der Waals surface area contributed by atoms with E-state index in [9.17, 15) is 14.0 Å². The lowest BCUT2D eigenvalue weighted by Crippen LogP contribution is -2.43. The molecule has 2 rings (SSSR count). The Bertz CT molecular complexity index is 707. The van der Waals surface area contributed by atoms with Crippen LogP contribution < -0.4 is 15.6 Å². The second kappa shape index (κ2) is 8.93. The van der Waals surface area contributed by atoms with E-state index < -0.39 is 5.91 Å². The largest absolute Gasteiger partial charge is 0.497 e. The second-order valence-corrected chi connectivity index (χ2v) is 5.86. The minimum absolute atomic E-state index is 0.00372. The van der Waals surface area contributed by atoms with Crippen LogP contribution in [-0.4, -0.2) is 24.7 Å². The molecule has 0 bridgehead atoms. The number of rotatable bonds is 6. The van der Waals surface area contributed by atoms with Crippen LogP contribution >= 0.6 is 11.8 Å². The quantitative estimate of drug-likeness (QED) is 0.621. The summed E-state index contributed by atoms with van der Waals surface area (Å²) in [5.41, 5.74) is 5.44. The molecule has 0 atom stereocenters. The van der Waals surface area contributed by atoms with Crippen molar-refractivity contribution in [2.75, 3.05) is 12.9 Å². The van der Waals surface area contributed by atoms with Crippen LogP contribution in [0.15, 0.2) is 53.4 Å². The van der Waals surface area contributed by atoms with E-state index in [2.05, 4.69) is 10.9 Å². The van der Waals surface area contributed by atoms with Crippen molar-refractivity contribution in [3.63, 3.8) is 0 Å². The summed E-state index contributed by atoms with van der Waals surface area (Å²) < 4.78 is 18.5. The first-order valence-corrected chi connectivity index (χ1v) is 8.15. The molecule has 0 aliphatic carbocycles. The van der Waals surface area contributed by atoms with Crippen LogP contribution in [0.25, 0.3) is 0 Å². The van der Waals surface area contributed by atoms with Gasteiger partial charge in [0.05, 0.1) is 19.3 Å². The smallest absolute Gasteiger partial charge is 0.248 e. The van der Waals surface area contributed by atoms with E-state index in [0.717, 1.165) is 17.3 Å². The van der Waals surface area contributed by atoms with Gasteiger partial charge in [0, 0.05) is 4.90 Å². The summed E-state index contributed by atoms with van der Waals surface area (Å²) in [5, 5.41) is 0. The highest BCUT2D eigenvalue weighted by Gasteiger charge is 2.08. The molecule has 2 aromatic carbocycles. The Morgan fingerprint density at radius 1 is 1.04 bits per heavy atom. The lowest BCUT2D eigenvalue weighted by Gasteiger charge is -2.08. The molecule has 0 spiro atoms. The van der Waals surface area contributed by atoms with Crippen molar-refractivity contribution in [2.45, 2.75) is 11.3 Å². The molecule has 0 aliphatic rings. The van der Waals surface area contributed by atoms with E-state index in [4.69, 9.17) is 4.74 Å². The summed E-state index contributed by atoms with van der Waals surface area (Å²) in [4.78, 5) is 23.8. The molecule has 0 saturated heterocycles. The van der Waals surface area contributed by atoms with Crippen molar-refractivity contribution in [2.24, 2.45) is 0 Å². The van der Waals surface area contributed by atoms with Crippen molar-refractivity contribution in [3.05, 3.63) is 59.9 Å². The lowest BCUT2D eigenvalue weighted by molar-refractivity contribution is -0.127. The number of amides is 2. The molecule has 5 nitrogen and oxygen atoms in total. The van der Waals surface area contributed by atoms with Crippen LogP contribution in [0.2, 0.25) is 0 Å². The molecule has 0 unspecified atom stereocenters. The molecule has 2 N–H and O–H groups in total. The number of benzene rings is 2. The zero-order valence-electron chi connectivity index (χ0n) is 13.0. The molecule has 0 saturated carbocycles. The summed E-state index contributed by atoms with van der Waals surface area (Å²) in [6.45, 7) is 0. The Morgan fingerprint density at radius 2 is 1.71 bits per heavy atom. The number of hydrogen-bond donors (Lipinski definition) is 2. The monoisotopic (exact) mass is 348 g/mol. The number of halogens is 1. The minimum atomic E-state index is -0.411. The highest BCUT2D eigenvalue weighted by Crippen LogP contribution is 2.20. The molecular formula is C17H17FN2O3S. The maximum Gasteiger partial charge on any atom is 0.248 e. The van der Waals surface area contributed by atoms with E-state index in [1.807, 2.05) is 0 Å². The van der Waals surface area contributed by atoms with Gasteiger partial charge in [-0.3, -0.25) is 20.4 Å². The van der Waals surface area contributed by atoms with Gasteiger partial charge < -0.3 is 4.74 Å². The first kappa shape index (κ1) is 17.8. The maximum atomic E-state index is 13.4. The van der Waals surface area contributed by atoms with Gasteiger partial charge in [-0.25, -0.2) is 4.39 Å². The van der Waals surface area contributed by atoms with Gasteiger partial charge in [0.1, 0.15) is 11.6 Å². The van der Waals surface area contributed by atoms with Gasteiger partial charge in [-0.2, -0.15) is 0 Å². The Hall–Kier alpha value is -2.54. The predicted molar refractivity (Wildman–Crippen MR) is 90.1 cm³/mol. The molecule has 7 heteroatoms.